The van der Waals surface area contributed by atoms with Crippen molar-refractivity contribution in [3.05, 3.63) is 29.8 Å². The van der Waals surface area contributed by atoms with E-state index in [1.165, 1.54) is 5.56 Å². The lowest BCUT2D eigenvalue weighted by Gasteiger charge is -2.53. The van der Waals surface area contributed by atoms with Gasteiger partial charge in [0.05, 0.1) is 7.11 Å². The van der Waals surface area contributed by atoms with E-state index in [4.69, 9.17) is 10.5 Å². The van der Waals surface area contributed by atoms with Crippen molar-refractivity contribution in [3.63, 3.8) is 0 Å². The molecule has 0 aliphatic heterocycles. The number of hydrogen-bond acceptors (Lipinski definition) is 2. The Labute approximate surface area is 97.8 Å². The molecular weight excluding hydrogens is 198 g/mol. The van der Waals surface area contributed by atoms with Crippen molar-refractivity contribution in [1.82, 2.24) is 0 Å². The van der Waals surface area contributed by atoms with E-state index < -0.39 is 0 Å². The van der Waals surface area contributed by atoms with Crippen molar-refractivity contribution in [1.29, 1.82) is 0 Å². The van der Waals surface area contributed by atoms with Crippen molar-refractivity contribution in [3.8, 4) is 5.75 Å². The van der Waals surface area contributed by atoms with Gasteiger partial charge >= 0.3 is 0 Å². The summed E-state index contributed by atoms with van der Waals surface area (Å²) in [4.78, 5) is 0. The van der Waals surface area contributed by atoms with Crippen LogP contribution in [0.25, 0.3) is 0 Å². The third-order valence-electron chi connectivity index (χ3n) is 4.39. The van der Waals surface area contributed by atoms with Crippen LogP contribution >= 0.6 is 0 Å². The minimum Gasteiger partial charge on any atom is -0.497 e. The van der Waals surface area contributed by atoms with E-state index in [2.05, 4.69) is 32.0 Å². The zero-order chi connectivity index (χ0) is 11.8. The summed E-state index contributed by atoms with van der Waals surface area (Å²) in [5, 5.41) is 0. The molecule has 1 fully saturated rings. The molecule has 3 atom stereocenters. The number of ether oxygens (including phenoxy) is 1. The van der Waals surface area contributed by atoms with Gasteiger partial charge in [-0.15, -0.1) is 0 Å². The van der Waals surface area contributed by atoms with Gasteiger partial charge in [-0.25, -0.2) is 0 Å². The molecule has 0 bridgehead atoms. The molecule has 0 aromatic heterocycles. The predicted octanol–water partition coefficient (Wildman–Crippen LogP) is 2.93. The zero-order valence-corrected chi connectivity index (χ0v) is 10.4. The summed E-state index contributed by atoms with van der Waals surface area (Å²) in [5.74, 6) is 1.53. The van der Waals surface area contributed by atoms with E-state index in [1.54, 1.807) is 7.11 Å². The number of hydrogen-bond donors (Lipinski definition) is 1. The van der Waals surface area contributed by atoms with Gasteiger partial charge in [-0.05, 0) is 41.9 Å². The summed E-state index contributed by atoms with van der Waals surface area (Å²) in [7, 11) is 1.71. The minimum absolute atomic E-state index is 0.256. The molecule has 16 heavy (non-hydrogen) atoms. The fourth-order valence-electron chi connectivity index (χ4n) is 2.77. The SMILES string of the molecule is CCC1(C)C(N)CC1c1cccc(OC)c1. The molecule has 3 unspecified atom stereocenters. The molecule has 2 rings (SSSR count). The fourth-order valence-corrected chi connectivity index (χ4v) is 2.77. The Morgan fingerprint density at radius 2 is 2.25 bits per heavy atom. The lowest BCUT2D eigenvalue weighted by molar-refractivity contribution is 0.0705. The second-order valence-electron chi connectivity index (χ2n) is 5.03. The molecular formula is C14H21NO. The highest BCUT2D eigenvalue weighted by Gasteiger charge is 2.48. The van der Waals surface area contributed by atoms with Gasteiger partial charge in [0, 0.05) is 6.04 Å². The second kappa shape index (κ2) is 4.10. The summed E-state index contributed by atoms with van der Waals surface area (Å²) >= 11 is 0. The van der Waals surface area contributed by atoms with Crippen LogP contribution in [0.2, 0.25) is 0 Å². The first-order chi connectivity index (χ1) is 7.61. The summed E-state index contributed by atoms with van der Waals surface area (Å²) in [6.45, 7) is 4.53. The lowest BCUT2D eigenvalue weighted by Crippen LogP contribution is -2.54. The van der Waals surface area contributed by atoms with Crippen LogP contribution in [0.5, 0.6) is 5.75 Å². The Bertz CT molecular complexity index is 377. The van der Waals surface area contributed by atoms with Gasteiger partial charge in [0.15, 0.2) is 0 Å². The predicted molar refractivity (Wildman–Crippen MR) is 66.7 cm³/mol. The van der Waals surface area contributed by atoms with Gasteiger partial charge in [0.2, 0.25) is 0 Å². The fraction of sp³-hybridized carbons (Fsp3) is 0.571. The number of nitrogens with two attached hydrogens (primary N) is 1. The van der Waals surface area contributed by atoms with Crippen molar-refractivity contribution in [2.45, 2.75) is 38.6 Å². The third kappa shape index (κ3) is 1.61. The van der Waals surface area contributed by atoms with Gasteiger partial charge < -0.3 is 10.5 Å². The van der Waals surface area contributed by atoms with Crippen LogP contribution in [-0.4, -0.2) is 13.2 Å². The Hall–Kier alpha value is -1.02. The van der Waals surface area contributed by atoms with Gasteiger partial charge in [-0.1, -0.05) is 26.0 Å². The van der Waals surface area contributed by atoms with Crippen molar-refractivity contribution < 1.29 is 4.74 Å². The van der Waals surface area contributed by atoms with Crippen LogP contribution in [0.3, 0.4) is 0 Å². The first kappa shape index (κ1) is 11.5. The quantitative estimate of drug-likeness (QED) is 0.848. The first-order valence-corrected chi connectivity index (χ1v) is 6.01. The average molecular weight is 219 g/mol. The smallest absolute Gasteiger partial charge is 0.119 e. The number of rotatable bonds is 3. The molecule has 2 N–H and O–H groups in total. The molecule has 1 saturated carbocycles. The van der Waals surface area contributed by atoms with E-state index in [9.17, 15) is 0 Å². The van der Waals surface area contributed by atoms with Gasteiger partial charge in [0.25, 0.3) is 0 Å². The highest BCUT2D eigenvalue weighted by Crippen LogP contribution is 2.54. The molecule has 0 amide bonds. The maximum absolute atomic E-state index is 6.13. The maximum Gasteiger partial charge on any atom is 0.119 e. The van der Waals surface area contributed by atoms with Crippen molar-refractivity contribution in [2.75, 3.05) is 7.11 Å². The van der Waals surface area contributed by atoms with Crippen LogP contribution in [0.4, 0.5) is 0 Å². The normalized spacial score (nSPS) is 33.2. The molecule has 1 aromatic carbocycles. The van der Waals surface area contributed by atoms with Crippen molar-refractivity contribution >= 4 is 0 Å². The van der Waals surface area contributed by atoms with Crippen molar-refractivity contribution in [2.24, 2.45) is 11.1 Å². The van der Waals surface area contributed by atoms with Gasteiger partial charge in [-0.2, -0.15) is 0 Å². The molecule has 1 aliphatic carbocycles. The summed E-state index contributed by atoms with van der Waals surface area (Å²) < 4.78 is 5.27. The molecule has 0 radical (unpaired) electrons. The van der Waals surface area contributed by atoms with E-state index in [0.29, 0.717) is 12.0 Å². The Kier molecular flexibility index (Phi) is 2.94. The largest absolute Gasteiger partial charge is 0.497 e. The first-order valence-electron chi connectivity index (χ1n) is 6.01. The topological polar surface area (TPSA) is 35.2 Å². The monoisotopic (exact) mass is 219 g/mol. The molecule has 1 aliphatic rings. The van der Waals surface area contributed by atoms with E-state index in [-0.39, 0.29) is 5.41 Å². The maximum atomic E-state index is 6.13. The molecule has 2 nitrogen and oxygen atoms in total. The van der Waals surface area contributed by atoms with E-state index >= 15 is 0 Å². The highest BCUT2D eigenvalue weighted by molar-refractivity contribution is 5.34. The summed E-state index contributed by atoms with van der Waals surface area (Å²) in [6, 6.07) is 8.73. The van der Waals surface area contributed by atoms with Gasteiger partial charge in [-0.3, -0.25) is 0 Å². The third-order valence-corrected chi connectivity index (χ3v) is 4.39. The molecule has 0 heterocycles. The Morgan fingerprint density at radius 1 is 1.50 bits per heavy atom. The standard InChI is InChI=1S/C14H21NO/c1-4-14(2)12(9-13(14)15)10-6-5-7-11(8-10)16-3/h5-8,12-13H,4,9,15H2,1-3H3. The lowest BCUT2D eigenvalue weighted by atomic mass is 9.54. The Balaban J connectivity index is 2.25. The van der Waals surface area contributed by atoms with Crippen LogP contribution in [-0.2, 0) is 0 Å². The molecule has 1 aromatic rings. The van der Waals surface area contributed by atoms with E-state index in [1.807, 2.05) is 6.07 Å². The summed E-state index contributed by atoms with van der Waals surface area (Å²) in [5.41, 5.74) is 7.76. The second-order valence-corrected chi connectivity index (χ2v) is 5.03. The molecule has 2 heteroatoms. The minimum atomic E-state index is 0.256. The van der Waals surface area contributed by atoms with E-state index in [0.717, 1.165) is 18.6 Å². The van der Waals surface area contributed by atoms with Gasteiger partial charge in [0.1, 0.15) is 5.75 Å². The molecule has 0 saturated heterocycles. The zero-order valence-electron chi connectivity index (χ0n) is 10.4. The number of benzene rings is 1. The van der Waals surface area contributed by atoms with Crippen LogP contribution in [0.15, 0.2) is 24.3 Å². The van der Waals surface area contributed by atoms with Crippen LogP contribution in [0, 0.1) is 5.41 Å². The molecule has 0 spiro atoms. The Morgan fingerprint density at radius 3 is 2.81 bits per heavy atom. The average Bonchev–Trinajstić information content (AvgIpc) is 2.34. The highest BCUT2D eigenvalue weighted by atomic mass is 16.5. The number of methoxy groups -OCH3 is 1. The summed E-state index contributed by atoms with van der Waals surface area (Å²) in [6.07, 6.45) is 2.23. The van der Waals surface area contributed by atoms with Crippen LogP contribution < -0.4 is 10.5 Å². The molecule has 88 valence electrons. The van der Waals surface area contributed by atoms with Crippen LogP contribution in [0.1, 0.15) is 38.2 Å².